The molecule has 7 heteroatoms. The predicted octanol–water partition coefficient (Wildman–Crippen LogP) is 1.34. The summed E-state index contributed by atoms with van der Waals surface area (Å²) in [5.41, 5.74) is -0.354. The number of piperidine rings is 2. The SMILES string of the molecule is O=C1CCC2(CCCN(C(=O)c3c[nH]c(=O)cc3O)C2)CN1CC1CC1. The molecule has 1 atom stereocenters. The van der Waals surface area contributed by atoms with Gasteiger partial charge in [-0.3, -0.25) is 14.4 Å². The lowest BCUT2D eigenvalue weighted by Crippen LogP contribution is -2.55. The maximum Gasteiger partial charge on any atom is 0.259 e. The van der Waals surface area contributed by atoms with Crippen molar-refractivity contribution >= 4 is 11.8 Å². The van der Waals surface area contributed by atoms with Crippen molar-refractivity contribution in [2.24, 2.45) is 11.3 Å². The molecule has 0 radical (unpaired) electrons. The lowest BCUT2D eigenvalue weighted by Gasteiger charge is -2.48. The molecule has 140 valence electrons. The van der Waals surface area contributed by atoms with Gasteiger partial charge in [-0.15, -0.1) is 0 Å². The molecule has 0 aromatic carbocycles. The number of aromatic nitrogens is 1. The standard InChI is InChI=1S/C19H25N3O4/c23-15-8-16(24)20-9-14(15)18(26)21-7-1-5-19(11-21)6-4-17(25)22(12-19)10-13-2-3-13/h8-9,13H,1-7,10-12H2,(H2,20,23,24). The fourth-order valence-electron chi connectivity index (χ4n) is 4.40. The average Bonchev–Trinajstić information content (AvgIpc) is 3.42. The van der Waals surface area contributed by atoms with E-state index in [4.69, 9.17) is 0 Å². The zero-order valence-corrected chi connectivity index (χ0v) is 14.9. The fraction of sp³-hybridized carbons (Fsp3) is 0.632. The number of aromatic hydroxyl groups is 1. The molecule has 1 unspecified atom stereocenters. The molecule has 1 saturated carbocycles. The number of carbonyl (C=O) groups excluding carboxylic acids is 2. The van der Waals surface area contributed by atoms with Gasteiger partial charge in [-0.2, -0.15) is 0 Å². The number of amides is 2. The maximum absolute atomic E-state index is 12.9. The Balaban J connectivity index is 1.50. The van der Waals surface area contributed by atoms with Gasteiger partial charge in [-0.25, -0.2) is 0 Å². The van der Waals surface area contributed by atoms with E-state index in [1.54, 1.807) is 4.90 Å². The topological polar surface area (TPSA) is 93.7 Å². The third-order valence-corrected chi connectivity index (χ3v) is 6.01. The Hall–Kier alpha value is -2.31. The van der Waals surface area contributed by atoms with Gasteiger partial charge in [-0.1, -0.05) is 0 Å². The van der Waals surface area contributed by atoms with Gasteiger partial charge in [0, 0.05) is 50.3 Å². The number of rotatable bonds is 3. The van der Waals surface area contributed by atoms with Crippen LogP contribution in [-0.4, -0.2) is 57.9 Å². The summed E-state index contributed by atoms with van der Waals surface area (Å²) in [6.07, 6.45) is 6.99. The molecular formula is C19H25N3O4. The van der Waals surface area contributed by atoms with Crippen LogP contribution in [0.1, 0.15) is 48.9 Å². The second-order valence-electron chi connectivity index (χ2n) is 8.14. The molecule has 1 aromatic heterocycles. The Morgan fingerprint density at radius 3 is 2.81 bits per heavy atom. The molecule has 2 N–H and O–H groups in total. The fourth-order valence-corrected chi connectivity index (χ4v) is 4.40. The summed E-state index contributed by atoms with van der Waals surface area (Å²) in [5, 5.41) is 9.96. The van der Waals surface area contributed by atoms with Gasteiger partial charge in [0.2, 0.25) is 5.91 Å². The first-order valence-corrected chi connectivity index (χ1v) is 9.45. The minimum atomic E-state index is -0.435. The van der Waals surface area contributed by atoms with Gasteiger partial charge in [-0.05, 0) is 38.0 Å². The van der Waals surface area contributed by atoms with Crippen LogP contribution in [0.5, 0.6) is 5.75 Å². The lowest BCUT2D eigenvalue weighted by molar-refractivity contribution is -0.139. The zero-order chi connectivity index (χ0) is 18.3. The first-order chi connectivity index (χ1) is 12.5. The molecule has 2 aliphatic heterocycles. The Morgan fingerprint density at radius 1 is 1.27 bits per heavy atom. The largest absolute Gasteiger partial charge is 0.507 e. The van der Waals surface area contributed by atoms with Crippen LogP contribution in [-0.2, 0) is 4.79 Å². The maximum atomic E-state index is 12.9. The minimum Gasteiger partial charge on any atom is -0.507 e. The van der Waals surface area contributed by atoms with E-state index in [0.29, 0.717) is 25.4 Å². The zero-order valence-electron chi connectivity index (χ0n) is 14.9. The molecule has 1 spiro atoms. The third kappa shape index (κ3) is 3.34. The van der Waals surface area contributed by atoms with Crippen molar-refractivity contribution in [2.45, 2.75) is 38.5 Å². The highest BCUT2D eigenvalue weighted by atomic mass is 16.3. The van der Waals surface area contributed by atoms with Gasteiger partial charge in [0.15, 0.2) is 0 Å². The first-order valence-electron chi connectivity index (χ1n) is 9.45. The summed E-state index contributed by atoms with van der Waals surface area (Å²) in [7, 11) is 0. The highest BCUT2D eigenvalue weighted by Gasteiger charge is 2.44. The number of aromatic amines is 1. The van der Waals surface area contributed by atoms with E-state index in [0.717, 1.165) is 38.4 Å². The van der Waals surface area contributed by atoms with Crippen LogP contribution < -0.4 is 5.56 Å². The van der Waals surface area contributed by atoms with Crippen LogP contribution in [0.2, 0.25) is 0 Å². The lowest BCUT2D eigenvalue weighted by atomic mass is 9.73. The second kappa shape index (κ2) is 6.45. The molecule has 3 aliphatic rings. The van der Waals surface area contributed by atoms with E-state index in [-0.39, 0.29) is 28.5 Å². The van der Waals surface area contributed by atoms with Crippen molar-refractivity contribution < 1.29 is 14.7 Å². The smallest absolute Gasteiger partial charge is 0.259 e. The molecular weight excluding hydrogens is 334 g/mol. The summed E-state index contributed by atoms with van der Waals surface area (Å²) >= 11 is 0. The van der Waals surface area contributed by atoms with E-state index >= 15 is 0 Å². The molecule has 3 fully saturated rings. The molecule has 26 heavy (non-hydrogen) atoms. The molecule has 7 nitrogen and oxygen atoms in total. The van der Waals surface area contributed by atoms with Gasteiger partial charge in [0.1, 0.15) is 5.75 Å². The van der Waals surface area contributed by atoms with Crippen LogP contribution >= 0.6 is 0 Å². The highest BCUT2D eigenvalue weighted by Crippen LogP contribution is 2.41. The van der Waals surface area contributed by atoms with Gasteiger partial charge in [0.05, 0.1) is 5.56 Å². The summed E-state index contributed by atoms with van der Waals surface area (Å²) in [6.45, 7) is 2.81. The number of H-pyrrole nitrogens is 1. The second-order valence-corrected chi connectivity index (χ2v) is 8.14. The molecule has 1 aliphatic carbocycles. The number of carbonyl (C=O) groups is 2. The summed E-state index contributed by atoms with van der Waals surface area (Å²) in [6, 6.07) is 1.03. The van der Waals surface area contributed by atoms with Crippen molar-refractivity contribution in [3.8, 4) is 5.75 Å². The molecule has 2 saturated heterocycles. The van der Waals surface area contributed by atoms with Gasteiger partial charge < -0.3 is 19.9 Å². The van der Waals surface area contributed by atoms with E-state index in [2.05, 4.69) is 4.98 Å². The number of hydrogen-bond acceptors (Lipinski definition) is 4. The van der Waals surface area contributed by atoms with Gasteiger partial charge in [0.25, 0.3) is 11.5 Å². The number of hydrogen-bond donors (Lipinski definition) is 2. The molecule has 3 heterocycles. The van der Waals surface area contributed by atoms with E-state index < -0.39 is 5.56 Å². The van der Waals surface area contributed by atoms with E-state index in [1.165, 1.54) is 19.0 Å². The predicted molar refractivity (Wildman–Crippen MR) is 94.8 cm³/mol. The molecule has 0 bridgehead atoms. The van der Waals surface area contributed by atoms with Crippen LogP contribution in [0.4, 0.5) is 0 Å². The van der Waals surface area contributed by atoms with Crippen molar-refractivity contribution in [2.75, 3.05) is 26.2 Å². The van der Waals surface area contributed by atoms with Crippen molar-refractivity contribution in [3.05, 3.63) is 28.2 Å². The molecule has 2 amide bonds. The van der Waals surface area contributed by atoms with Crippen LogP contribution in [0, 0.1) is 11.3 Å². The first kappa shape index (κ1) is 17.1. The van der Waals surface area contributed by atoms with E-state index in [9.17, 15) is 19.5 Å². The minimum absolute atomic E-state index is 0.0471. The Bertz CT molecular complexity index is 785. The number of likely N-dealkylation sites (tertiary alicyclic amines) is 2. The monoisotopic (exact) mass is 359 g/mol. The summed E-state index contributed by atoms with van der Waals surface area (Å²) in [5.74, 6) is 0.355. The molecule has 4 rings (SSSR count). The normalized spacial score (nSPS) is 26.4. The summed E-state index contributed by atoms with van der Waals surface area (Å²) < 4.78 is 0. The Kier molecular flexibility index (Phi) is 4.25. The average molecular weight is 359 g/mol. The van der Waals surface area contributed by atoms with Crippen molar-refractivity contribution in [1.29, 1.82) is 0 Å². The molecule has 1 aromatic rings. The van der Waals surface area contributed by atoms with Crippen LogP contribution in [0.3, 0.4) is 0 Å². The van der Waals surface area contributed by atoms with Gasteiger partial charge >= 0.3 is 0 Å². The number of nitrogens with one attached hydrogen (secondary N) is 1. The number of pyridine rings is 1. The van der Waals surface area contributed by atoms with Crippen molar-refractivity contribution in [1.82, 2.24) is 14.8 Å². The number of nitrogens with zero attached hydrogens (tertiary/aromatic N) is 2. The van der Waals surface area contributed by atoms with E-state index in [1.807, 2.05) is 4.90 Å². The van der Waals surface area contributed by atoms with Crippen molar-refractivity contribution in [3.63, 3.8) is 0 Å². The highest BCUT2D eigenvalue weighted by molar-refractivity contribution is 5.96. The summed E-state index contributed by atoms with van der Waals surface area (Å²) in [4.78, 5) is 42.6. The third-order valence-electron chi connectivity index (χ3n) is 6.01. The quantitative estimate of drug-likeness (QED) is 0.851. The Labute approximate surface area is 152 Å². The van der Waals surface area contributed by atoms with Crippen LogP contribution in [0.15, 0.2) is 17.1 Å². The Morgan fingerprint density at radius 2 is 2.08 bits per heavy atom. The van der Waals surface area contributed by atoms with Crippen LogP contribution in [0.25, 0.3) is 0 Å².